The number of halogens is 1. The first-order valence-electron chi connectivity index (χ1n) is 3.89. The molecule has 1 amide bonds. The third-order valence-electron chi connectivity index (χ3n) is 1.63. The summed E-state index contributed by atoms with van der Waals surface area (Å²) >= 11 is 0. The van der Waals surface area contributed by atoms with E-state index in [1.54, 1.807) is 12.1 Å². The summed E-state index contributed by atoms with van der Waals surface area (Å²) < 4.78 is 17.8. The molecule has 4 heteroatoms. The van der Waals surface area contributed by atoms with Crippen LogP contribution in [0.2, 0.25) is 0 Å². The molecule has 1 rings (SSSR count). The Kier molecular flexibility index (Phi) is 2.84. The van der Waals surface area contributed by atoms with Crippen LogP contribution in [0, 0.1) is 5.82 Å². The monoisotopic (exact) mass is 183 g/mol. The van der Waals surface area contributed by atoms with Gasteiger partial charge in [0.15, 0.2) is 11.6 Å². The van der Waals surface area contributed by atoms with Gasteiger partial charge in [0.1, 0.15) is 0 Å². The standard InChI is InChI=1S/C9H10FNO2/c1-2-6-4-3-5-7(8(6)10)13-9(11)12/h3-5H,2H2,1H3,(H2,11,12). The minimum atomic E-state index is -1.01. The highest BCUT2D eigenvalue weighted by atomic mass is 19.1. The van der Waals surface area contributed by atoms with Crippen LogP contribution < -0.4 is 10.5 Å². The normalized spacial score (nSPS) is 9.69. The quantitative estimate of drug-likeness (QED) is 0.760. The molecule has 0 fully saturated rings. The average Bonchev–Trinajstić information content (AvgIpc) is 2.08. The molecule has 0 spiro atoms. The Morgan fingerprint density at radius 2 is 2.31 bits per heavy atom. The van der Waals surface area contributed by atoms with Crippen molar-refractivity contribution in [3.8, 4) is 5.75 Å². The fraction of sp³-hybridized carbons (Fsp3) is 0.222. The van der Waals surface area contributed by atoms with Crippen LogP contribution >= 0.6 is 0 Å². The van der Waals surface area contributed by atoms with E-state index < -0.39 is 11.9 Å². The minimum Gasteiger partial charge on any atom is -0.407 e. The lowest BCUT2D eigenvalue weighted by Gasteiger charge is -2.04. The van der Waals surface area contributed by atoms with E-state index in [-0.39, 0.29) is 5.75 Å². The van der Waals surface area contributed by atoms with Crippen LogP contribution in [0.25, 0.3) is 0 Å². The minimum absolute atomic E-state index is 0.119. The molecule has 0 unspecified atom stereocenters. The van der Waals surface area contributed by atoms with Gasteiger partial charge in [-0.2, -0.15) is 0 Å². The van der Waals surface area contributed by atoms with Crippen molar-refractivity contribution in [3.05, 3.63) is 29.6 Å². The highest BCUT2D eigenvalue weighted by Crippen LogP contribution is 2.20. The molecule has 0 radical (unpaired) electrons. The van der Waals surface area contributed by atoms with Crippen molar-refractivity contribution in [1.82, 2.24) is 0 Å². The van der Waals surface area contributed by atoms with E-state index in [2.05, 4.69) is 4.74 Å². The molecular weight excluding hydrogens is 173 g/mol. The van der Waals surface area contributed by atoms with E-state index in [4.69, 9.17) is 5.73 Å². The number of hydrogen-bond donors (Lipinski definition) is 1. The molecule has 0 aliphatic carbocycles. The van der Waals surface area contributed by atoms with Gasteiger partial charge in [0.25, 0.3) is 0 Å². The molecule has 13 heavy (non-hydrogen) atoms. The molecule has 2 N–H and O–H groups in total. The second kappa shape index (κ2) is 3.89. The van der Waals surface area contributed by atoms with Gasteiger partial charge in [-0.05, 0) is 18.1 Å². The van der Waals surface area contributed by atoms with Crippen molar-refractivity contribution >= 4 is 6.09 Å². The molecule has 0 bridgehead atoms. The van der Waals surface area contributed by atoms with Gasteiger partial charge < -0.3 is 10.5 Å². The number of carbonyl (C=O) groups excluding carboxylic acids is 1. The van der Waals surface area contributed by atoms with Crippen LogP contribution in [0.1, 0.15) is 12.5 Å². The number of aryl methyl sites for hydroxylation is 1. The van der Waals surface area contributed by atoms with Gasteiger partial charge in [0, 0.05) is 0 Å². The van der Waals surface area contributed by atoms with Gasteiger partial charge in [-0.3, -0.25) is 0 Å². The Morgan fingerprint density at radius 1 is 1.62 bits per heavy atom. The number of ether oxygens (including phenoxy) is 1. The van der Waals surface area contributed by atoms with Crippen molar-refractivity contribution in [2.24, 2.45) is 5.73 Å². The number of hydrogen-bond acceptors (Lipinski definition) is 2. The lowest BCUT2D eigenvalue weighted by molar-refractivity contribution is 0.208. The smallest absolute Gasteiger partial charge is 0.407 e. The number of amides is 1. The zero-order valence-corrected chi connectivity index (χ0v) is 7.21. The Labute approximate surface area is 75.3 Å². The largest absolute Gasteiger partial charge is 0.410 e. The first kappa shape index (κ1) is 9.51. The molecule has 1 aromatic rings. The number of benzene rings is 1. The van der Waals surface area contributed by atoms with E-state index in [9.17, 15) is 9.18 Å². The van der Waals surface area contributed by atoms with Gasteiger partial charge in [-0.25, -0.2) is 9.18 Å². The lowest BCUT2D eigenvalue weighted by atomic mass is 10.1. The van der Waals surface area contributed by atoms with Crippen molar-refractivity contribution in [2.45, 2.75) is 13.3 Å². The van der Waals surface area contributed by atoms with Gasteiger partial charge in [-0.15, -0.1) is 0 Å². The lowest BCUT2D eigenvalue weighted by Crippen LogP contribution is -2.17. The SMILES string of the molecule is CCc1cccc(OC(N)=O)c1F. The van der Waals surface area contributed by atoms with Crippen molar-refractivity contribution in [2.75, 3.05) is 0 Å². The summed E-state index contributed by atoms with van der Waals surface area (Å²) in [7, 11) is 0. The number of carbonyl (C=O) groups is 1. The van der Waals surface area contributed by atoms with Crippen LogP contribution in [-0.4, -0.2) is 6.09 Å². The van der Waals surface area contributed by atoms with Gasteiger partial charge in [0.05, 0.1) is 0 Å². The maximum Gasteiger partial charge on any atom is 0.410 e. The number of primary amides is 1. The molecule has 0 aliphatic rings. The first-order chi connectivity index (χ1) is 6.15. The summed E-state index contributed by atoms with van der Waals surface area (Å²) in [6.45, 7) is 1.81. The van der Waals surface area contributed by atoms with Gasteiger partial charge in [-0.1, -0.05) is 19.1 Å². The predicted octanol–water partition coefficient (Wildman–Crippen LogP) is 1.85. The predicted molar refractivity (Wildman–Crippen MR) is 46.0 cm³/mol. The highest BCUT2D eigenvalue weighted by molar-refractivity contribution is 5.68. The Morgan fingerprint density at radius 3 is 2.85 bits per heavy atom. The molecule has 0 atom stereocenters. The third kappa shape index (κ3) is 2.18. The Hall–Kier alpha value is -1.58. The van der Waals surface area contributed by atoms with E-state index in [1.165, 1.54) is 6.07 Å². The first-order valence-corrected chi connectivity index (χ1v) is 3.89. The van der Waals surface area contributed by atoms with Crippen molar-refractivity contribution < 1.29 is 13.9 Å². The van der Waals surface area contributed by atoms with Crippen LogP contribution in [0.15, 0.2) is 18.2 Å². The third-order valence-corrected chi connectivity index (χ3v) is 1.63. The van der Waals surface area contributed by atoms with Gasteiger partial charge in [0.2, 0.25) is 0 Å². The van der Waals surface area contributed by atoms with E-state index >= 15 is 0 Å². The summed E-state index contributed by atoms with van der Waals surface area (Å²) in [5.74, 6) is -0.643. The second-order valence-electron chi connectivity index (χ2n) is 2.50. The van der Waals surface area contributed by atoms with Crippen LogP contribution in [0.4, 0.5) is 9.18 Å². The summed E-state index contributed by atoms with van der Waals surface area (Å²) in [5.41, 5.74) is 5.26. The zero-order chi connectivity index (χ0) is 9.84. The molecule has 0 heterocycles. The number of nitrogens with two attached hydrogens (primary N) is 1. The topological polar surface area (TPSA) is 52.3 Å². The van der Waals surface area contributed by atoms with Crippen molar-refractivity contribution in [3.63, 3.8) is 0 Å². The molecule has 1 aromatic carbocycles. The molecule has 0 saturated carbocycles. The van der Waals surface area contributed by atoms with E-state index in [1.807, 2.05) is 6.92 Å². The average molecular weight is 183 g/mol. The maximum absolute atomic E-state index is 13.3. The highest BCUT2D eigenvalue weighted by Gasteiger charge is 2.09. The summed E-state index contributed by atoms with van der Waals surface area (Å²) in [6, 6.07) is 4.60. The van der Waals surface area contributed by atoms with Crippen molar-refractivity contribution in [1.29, 1.82) is 0 Å². The summed E-state index contributed by atoms with van der Waals surface area (Å²) in [5, 5.41) is 0. The molecule has 70 valence electrons. The summed E-state index contributed by atoms with van der Waals surface area (Å²) in [4.78, 5) is 10.4. The van der Waals surface area contributed by atoms with Crippen LogP contribution in [0.5, 0.6) is 5.75 Å². The van der Waals surface area contributed by atoms with Crippen LogP contribution in [-0.2, 0) is 6.42 Å². The Bertz CT molecular complexity index is 325. The van der Waals surface area contributed by atoms with Gasteiger partial charge >= 0.3 is 6.09 Å². The molecule has 0 saturated heterocycles. The molecule has 0 aromatic heterocycles. The molecule has 0 aliphatic heterocycles. The summed E-state index contributed by atoms with van der Waals surface area (Å²) in [6.07, 6.45) is -0.464. The second-order valence-corrected chi connectivity index (χ2v) is 2.50. The maximum atomic E-state index is 13.3. The van der Waals surface area contributed by atoms with E-state index in [0.717, 1.165) is 0 Å². The fourth-order valence-electron chi connectivity index (χ4n) is 1.02. The fourth-order valence-corrected chi connectivity index (χ4v) is 1.02. The number of rotatable bonds is 2. The molecular formula is C9H10FNO2. The zero-order valence-electron chi connectivity index (χ0n) is 7.21. The molecule has 3 nitrogen and oxygen atoms in total. The van der Waals surface area contributed by atoms with Crippen LogP contribution in [0.3, 0.4) is 0 Å². The Balaban J connectivity index is 3.01. The van der Waals surface area contributed by atoms with E-state index in [0.29, 0.717) is 12.0 Å².